The van der Waals surface area contributed by atoms with Gasteiger partial charge < -0.3 is 14.2 Å². The number of aromatic nitrogens is 2. The Morgan fingerprint density at radius 1 is 0.742 bits per heavy atom. The van der Waals surface area contributed by atoms with Crippen LogP contribution in [0.3, 0.4) is 0 Å². The normalized spacial score (nSPS) is 10.8. The zero-order valence-electron chi connectivity index (χ0n) is 18.1. The van der Waals surface area contributed by atoms with Crippen LogP contribution in [0.4, 0.5) is 0 Å². The lowest BCUT2D eigenvalue weighted by Gasteiger charge is -2.13. The zero-order chi connectivity index (χ0) is 21.6. The molecule has 4 aromatic rings. The Balaban J connectivity index is 1.48. The van der Waals surface area contributed by atoms with Crippen molar-refractivity contribution in [2.75, 3.05) is 14.2 Å². The number of rotatable bonds is 8. The summed E-state index contributed by atoms with van der Waals surface area (Å²) in [6, 6.07) is 20.1. The highest BCUT2D eigenvalue weighted by atomic mass is 16.5. The number of hydrogen-bond acceptors (Lipinski definition) is 5. The van der Waals surface area contributed by atoms with Gasteiger partial charge in [0.05, 0.1) is 30.9 Å². The number of benzene rings is 3. The third kappa shape index (κ3) is 4.94. The molecule has 0 amide bonds. The van der Waals surface area contributed by atoms with Gasteiger partial charge in [-0.3, -0.25) is 4.98 Å². The quantitative estimate of drug-likeness (QED) is 0.387. The predicted octanol–water partition coefficient (Wildman–Crippen LogP) is 5.38. The highest BCUT2D eigenvalue weighted by Crippen LogP contribution is 2.30. The van der Waals surface area contributed by atoms with E-state index >= 15 is 0 Å². The Morgan fingerprint density at radius 2 is 1.48 bits per heavy atom. The average Bonchev–Trinajstić information content (AvgIpc) is 2.83. The van der Waals surface area contributed by atoms with Crippen molar-refractivity contribution >= 4 is 11.0 Å². The van der Waals surface area contributed by atoms with Crippen molar-refractivity contribution in [2.45, 2.75) is 26.4 Å². The fraction of sp³-hybridized carbons (Fsp3) is 0.231. The summed E-state index contributed by atoms with van der Waals surface area (Å²) in [6.45, 7) is 2.55. The van der Waals surface area contributed by atoms with Gasteiger partial charge in [-0.25, -0.2) is 4.98 Å². The first kappa shape index (κ1) is 20.7. The van der Waals surface area contributed by atoms with Gasteiger partial charge in [-0.05, 0) is 65.9 Å². The Labute approximate surface area is 182 Å². The standard InChI is InChI=1S/C26H26N2O3/c1-4-21-16-27-23-11-7-19(14-24(23)28-21)13-20-8-12-25(26(15-20)30-3)31-17-18-5-9-22(29-2)10-6-18/h5-12,14-16H,4,13,17H2,1-3H3. The second kappa shape index (κ2) is 9.47. The van der Waals surface area contributed by atoms with Crippen LogP contribution in [-0.4, -0.2) is 24.2 Å². The van der Waals surface area contributed by atoms with E-state index in [9.17, 15) is 0 Å². The van der Waals surface area contributed by atoms with E-state index in [0.29, 0.717) is 6.61 Å². The Morgan fingerprint density at radius 3 is 2.23 bits per heavy atom. The number of fused-ring (bicyclic) bond motifs is 1. The fourth-order valence-corrected chi connectivity index (χ4v) is 3.44. The first-order valence-electron chi connectivity index (χ1n) is 10.4. The third-order valence-corrected chi connectivity index (χ3v) is 5.21. The van der Waals surface area contributed by atoms with Crippen LogP contribution >= 0.6 is 0 Å². The molecule has 0 fully saturated rings. The number of ether oxygens (including phenoxy) is 3. The topological polar surface area (TPSA) is 53.5 Å². The van der Waals surface area contributed by atoms with Crippen LogP contribution in [0.15, 0.2) is 66.9 Å². The molecule has 0 unspecified atom stereocenters. The van der Waals surface area contributed by atoms with Crippen molar-refractivity contribution in [3.8, 4) is 17.2 Å². The van der Waals surface area contributed by atoms with Gasteiger partial charge in [0.25, 0.3) is 0 Å². The Bertz CT molecular complexity index is 1170. The minimum Gasteiger partial charge on any atom is -0.497 e. The molecule has 0 radical (unpaired) electrons. The van der Waals surface area contributed by atoms with Crippen LogP contribution in [0, 0.1) is 0 Å². The van der Waals surface area contributed by atoms with E-state index < -0.39 is 0 Å². The highest BCUT2D eigenvalue weighted by Gasteiger charge is 2.08. The fourth-order valence-electron chi connectivity index (χ4n) is 3.44. The first-order valence-corrected chi connectivity index (χ1v) is 10.4. The molecule has 0 aliphatic carbocycles. The highest BCUT2D eigenvalue weighted by molar-refractivity contribution is 5.75. The second-order valence-corrected chi connectivity index (χ2v) is 7.34. The lowest BCUT2D eigenvalue weighted by molar-refractivity contribution is 0.284. The smallest absolute Gasteiger partial charge is 0.161 e. The van der Waals surface area contributed by atoms with Gasteiger partial charge in [0.2, 0.25) is 0 Å². The van der Waals surface area contributed by atoms with Crippen molar-refractivity contribution < 1.29 is 14.2 Å². The molecular weight excluding hydrogens is 388 g/mol. The third-order valence-electron chi connectivity index (χ3n) is 5.21. The summed E-state index contributed by atoms with van der Waals surface area (Å²) >= 11 is 0. The number of hydrogen-bond donors (Lipinski definition) is 0. The zero-order valence-corrected chi connectivity index (χ0v) is 18.1. The lowest BCUT2D eigenvalue weighted by Crippen LogP contribution is -1.99. The summed E-state index contributed by atoms with van der Waals surface area (Å²) in [5.41, 5.74) is 6.25. The molecule has 0 atom stereocenters. The van der Waals surface area contributed by atoms with Crippen LogP contribution in [0.25, 0.3) is 11.0 Å². The summed E-state index contributed by atoms with van der Waals surface area (Å²) in [5, 5.41) is 0. The van der Waals surface area contributed by atoms with Crippen molar-refractivity contribution in [2.24, 2.45) is 0 Å². The maximum atomic E-state index is 5.99. The first-order chi connectivity index (χ1) is 15.2. The van der Waals surface area contributed by atoms with Crippen LogP contribution in [0.2, 0.25) is 0 Å². The van der Waals surface area contributed by atoms with Crippen molar-refractivity contribution in [3.05, 3.63) is 89.2 Å². The van der Waals surface area contributed by atoms with Crippen molar-refractivity contribution in [1.82, 2.24) is 9.97 Å². The van der Waals surface area contributed by atoms with Gasteiger partial charge in [0, 0.05) is 6.20 Å². The van der Waals surface area contributed by atoms with Crippen molar-refractivity contribution in [1.29, 1.82) is 0 Å². The van der Waals surface area contributed by atoms with E-state index in [1.165, 1.54) is 5.56 Å². The van der Waals surface area contributed by atoms with E-state index in [0.717, 1.165) is 57.9 Å². The molecular formula is C26H26N2O3. The van der Waals surface area contributed by atoms with Gasteiger partial charge in [0.1, 0.15) is 12.4 Å². The molecule has 0 N–H and O–H groups in total. The number of nitrogens with zero attached hydrogens (tertiary/aromatic N) is 2. The molecule has 0 aliphatic heterocycles. The summed E-state index contributed by atoms with van der Waals surface area (Å²) in [5.74, 6) is 2.27. The summed E-state index contributed by atoms with van der Waals surface area (Å²) < 4.78 is 16.8. The molecule has 4 rings (SSSR count). The summed E-state index contributed by atoms with van der Waals surface area (Å²) in [4.78, 5) is 9.18. The Hall–Kier alpha value is -3.60. The van der Waals surface area contributed by atoms with Gasteiger partial charge in [-0.15, -0.1) is 0 Å². The minimum atomic E-state index is 0.461. The van der Waals surface area contributed by atoms with E-state index in [1.807, 2.05) is 48.7 Å². The maximum absolute atomic E-state index is 5.99. The van der Waals surface area contributed by atoms with Gasteiger partial charge in [-0.2, -0.15) is 0 Å². The van der Waals surface area contributed by atoms with Crippen LogP contribution in [0.5, 0.6) is 17.2 Å². The molecule has 5 heteroatoms. The van der Waals surface area contributed by atoms with Crippen LogP contribution < -0.4 is 14.2 Å². The summed E-state index contributed by atoms with van der Waals surface area (Å²) in [7, 11) is 3.32. The van der Waals surface area contributed by atoms with E-state index in [4.69, 9.17) is 19.2 Å². The SMILES string of the molecule is CCc1cnc2ccc(Cc3ccc(OCc4ccc(OC)cc4)c(OC)c3)cc2n1. The lowest BCUT2D eigenvalue weighted by atomic mass is 10.0. The molecule has 158 valence electrons. The van der Waals surface area contributed by atoms with E-state index in [1.54, 1.807) is 14.2 Å². The molecule has 0 saturated carbocycles. The molecule has 0 bridgehead atoms. The van der Waals surface area contributed by atoms with Crippen LogP contribution in [0.1, 0.15) is 29.3 Å². The Kier molecular flexibility index (Phi) is 6.32. The molecule has 5 nitrogen and oxygen atoms in total. The molecule has 31 heavy (non-hydrogen) atoms. The molecule has 1 heterocycles. The molecule has 0 saturated heterocycles. The van der Waals surface area contributed by atoms with Gasteiger partial charge in [-0.1, -0.05) is 31.2 Å². The monoisotopic (exact) mass is 414 g/mol. The number of methoxy groups -OCH3 is 2. The summed E-state index contributed by atoms with van der Waals surface area (Å²) in [6.07, 6.45) is 3.50. The maximum Gasteiger partial charge on any atom is 0.161 e. The van der Waals surface area contributed by atoms with Gasteiger partial charge >= 0.3 is 0 Å². The average molecular weight is 415 g/mol. The second-order valence-electron chi connectivity index (χ2n) is 7.34. The van der Waals surface area contributed by atoms with E-state index in [2.05, 4.69) is 30.1 Å². The van der Waals surface area contributed by atoms with Gasteiger partial charge in [0.15, 0.2) is 11.5 Å². The largest absolute Gasteiger partial charge is 0.497 e. The van der Waals surface area contributed by atoms with E-state index in [-0.39, 0.29) is 0 Å². The molecule has 3 aromatic carbocycles. The van der Waals surface area contributed by atoms with Crippen molar-refractivity contribution in [3.63, 3.8) is 0 Å². The number of aryl methyl sites for hydroxylation is 1. The van der Waals surface area contributed by atoms with Crippen LogP contribution in [-0.2, 0) is 19.4 Å². The minimum absolute atomic E-state index is 0.461. The predicted molar refractivity (Wildman–Crippen MR) is 122 cm³/mol. The molecule has 1 aromatic heterocycles. The molecule has 0 aliphatic rings. The molecule has 0 spiro atoms.